The third kappa shape index (κ3) is 18.7. The predicted molar refractivity (Wildman–Crippen MR) is 116 cm³/mol. The molecule has 1 aliphatic heterocycles. The van der Waals surface area contributed by atoms with E-state index in [1.807, 2.05) is 0 Å². The Hall–Kier alpha value is -1.10. The third-order valence-corrected chi connectivity index (χ3v) is 5.50. The lowest BCUT2D eigenvalue weighted by Gasteiger charge is -2.07. The summed E-state index contributed by atoms with van der Waals surface area (Å²) in [5, 5.41) is 0. The molecule has 0 amide bonds. The topological polar surface area (TPSA) is 61.8 Å². The number of hydrogen-bond donors (Lipinski definition) is 0. The largest absolute Gasteiger partial charge is 0.464 e. The SMILES string of the molecule is O=C1COCC(=O)OCCCCCCCCCCCCCCCCCCCCO1. The molecule has 0 unspecified atom stereocenters. The number of carbonyl (C=O) groups is 2. The second kappa shape index (κ2) is 20.2. The second-order valence-corrected chi connectivity index (χ2v) is 8.30. The lowest BCUT2D eigenvalue weighted by Crippen LogP contribution is -2.19. The van der Waals surface area contributed by atoms with E-state index >= 15 is 0 Å². The van der Waals surface area contributed by atoms with Gasteiger partial charge in [0.2, 0.25) is 0 Å². The van der Waals surface area contributed by atoms with Crippen LogP contribution in [-0.4, -0.2) is 38.4 Å². The summed E-state index contributed by atoms with van der Waals surface area (Å²) in [5.74, 6) is -0.815. The van der Waals surface area contributed by atoms with Crippen LogP contribution in [0.25, 0.3) is 0 Å². The van der Waals surface area contributed by atoms with E-state index in [2.05, 4.69) is 0 Å². The highest BCUT2D eigenvalue weighted by molar-refractivity contribution is 5.73. The number of rotatable bonds is 0. The standard InChI is InChI=1S/C24H44O5/c25-23-21-27-22-24(26)29-20-18-16-14-12-10-8-6-4-2-1-3-5-7-9-11-13-15-17-19-28-23/h1-22H2. The van der Waals surface area contributed by atoms with Crippen LogP contribution in [0.15, 0.2) is 0 Å². The van der Waals surface area contributed by atoms with E-state index in [9.17, 15) is 9.59 Å². The molecular weight excluding hydrogens is 368 g/mol. The van der Waals surface area contributed by atoms with Crippen molar-refractivity contribution >= 4 is 11.9 Å². The minimum atomic E-state index is -0.407. The normalized spacial score (nSPS) is 22.8. The third-order valence-electron chi connectivity index (χ3n) is 5.50. The Kier molecular flexibility index (Phi) is 18.1. The van der Waals surface area contributed by atoms with Crippen molar-refractivity contribution < 1.29 is 23.8 Å². The molecule has 1 fully saturated rings. The fourth-order valence-corrected chi connectivity index (χ4v) is 3.71. The molecule has 0 aliphatic carbocycles. The van der Waals surface area contributed by atoms with Gasteiger partial charge >= 0.3 is 11.9 Å². The first-order valence-electron chi connectivity index (χ1n) is 12.2. The number of hydrogen-bond acceptors (Lipinski definition) is 5. The van der Waals surface area contributed by atoms with E-state index in [4.69, 9.17) is 14.2 Å². The van der Waals surface area contributed by atoms with Crippen LogP contribution >= 0.6 is 0 Å². The van der Waals surface area contributed by atoms with Gasteiger partial charge in [-0.15, -0.1) is 0 Å². The molecule has 0 spiro atoms. The maximum atomic E-state index is 11.6. The lowest BCUT2D eigenvalue weighted by atomic mass is 10.0. The summed E-state index contributed by atoms with van der Waals surface area (Å²) in [6.07, 6.45) is 22.7. The number of cyclic esters (lactones) is 2. The summed E-state index contributed by atoms with van der Waals surface area (Å²) in [4.78, 5) is 23.2. The zero-order valence-electron chi connectivity index (χ0n) is 18.6. The van der Waals surface area contributed by atoms with Gasteiger partial charge in [-0.05, 0) is 12.8 Å². The van der Waals surface area contributed by atoms with Gasteiger partial charge in [-0.2, -0.15) is 0 Å². The fraction of sp³-hybridized carbons (Fsp3) is 0.917. The van der Waals surface area contributed by atoms with Gasteiger partial charge in [0.05, 0.1) is 13.2 Å². The summed E-state index contributed by atoms with van der Waals surface area (Å²) in [5.41, 5.74) is 0. The molecule has 0 aromatic rings. The van der Waals surface area contributed by atoms with Gasteiger partial charge in [-0.1, -0.05) is 103 Å². The zero-order valence-corrected chi connectivity index (χ0v) is 18.6. The summed E-state index contributed by atoms with van der Waals surface area (Å²) in [7, 11) is 0. The van der Waals surface area contributed by atoms with E-state index in [1.54, 1.807) is 0 Å². The van der Waals surface area contributed by atoms with Crippen LogP contribution in [-0.2, 0) is 23.8 Å². The molecule has 0 N–H and O–H groups in total. The first-order chi connectivity index (χ1) is 14.3. The Bertz CT molecular complexity index is 361. The molecule has 1 aliphatic rings. The van der Waals surface area contributed by atoms with Crippen LogP contribution in [0.2, 0.25) is 0 Å². The van der Waals surface area contributed by atoms with Crippen molar-refractivity contribution in [1.29, 1.82) is 0 Å². The highest BCUT2D eigenvalue weighted by atomic mass is 16.6. The first kappa shape index (κ1) is 25.9. The number of ether oxygens (including phenoxy) is 3. The Morgan fingerprint density at radius 1 is 0.379 bits per heavy atom. The van der Waals surface area contributed by atoms with Gasteiger partial charge in [0.15, 0.2) is 0 Å². The molecule has 1 heterocycles. The number of carbonyl (C=O) groups excluding carboxylic acids is 2. The Labute approximate surface area is 178 Å². The van der Waals surface area contributed by atoms with Gasteiger partial charge in [-0.25, -0.2) is 9.59 Å². The summed E-state index contributed by atoms with van der Waals surface area (Å²) in [6, 6.07) is 0. The molecule has 170 valence electrons. The summed E-state index contributed by atoms with van der Waals surface area (Å²) < 4.78 is 15.3. The van der Waals surface area contributed by atoms with Gasteiger partial charge in [0, 0.05) is 0 Å². The summed E-state index contributed by atoms with van der Waals surface area (Å²) in [6.45, 7) is 0.503. The molecule has 1 saturated heterocycles. The van der Waals surface area contributed by atoms with Gasteiger partial charge in [-0.3, -0.25) is 0 Å². The highest BCUT2D eigenvalue weighted by Gasteiger charge is 2.07. The van der Waals surface area contributed by atoms with Crippen molar-refractivity contribution in [3.8, 4) is 0 Å². The molecule has 29 heavy (non-hydrogen) atoms. The van der Waals surface area contributed by atoms with Crippen molar-refractivity contribution in [3.05, 3.63) is 0 Å². The van der Waals surface area contributed by atoms with Gasteiger partial charge in [0.25, 0.3) is 0 Å². The second-order valence-electron chi connectivity index (χ2n) is 8.30. The average molecular weight is 413 g/mol. The molecule has 0 atom stereocenters. The van der Waals surface area contributed by atoms with Crippen molar-refractivity contribution in [2.75, 3.05) is 26.4 Å². The lowest BCUT2D eigenvalue weighted by molar-refractivity contribution is -0.155. The monoisotopic (exact) mass is 412 g/mol. The Balaban J connectivity index is 2.14. The van der Waals surface area contributed by atoms with E-state index < -0.39 is 11.9 Å². The Morgan fingerprint density at radius 2 is 0.621 bits per heavy atom. The van der Waals surface area contributed by atoms with E-state index in [0.29, 0.717) is 13.2 Å². The number of esters is 2. The van der Waals surface area contributed by atoms with E-state index in [0.717, 1.165) is 25.7 Å². The molecule has 0 bridgehead atoms. The average Bonchev–Trinajstić information content (AvgIpc) is 2.71. The molecule has 5 nitrogen and oxygen atoms in total. The molecular formula is C24H44O5. The fourth-order valence-electron chi connectivity index (χ4n) is 3.71. The van der Waals surface area contributed by atoms with Crippen LogP contribution in [0.4, 0.5) is 0 Å². The van der Waals surface area contributed by atoms with Crippen LogP contribution in [0, 0.1) is 0 Å². The minimum Gasteiger partial charge on any atom is -0.464 e. The minimum absolute atomic E-state index is 0.185. The van der Waals surface area contributed by atoms with E-state index in [-0.39, 0.29) is 13.2 Å². The first-order valence-corrected chi connectivity index (χ1v) is 12.2. The maximum absolute atomic E-state index is 11.6. The molecule has 0 aromatic heterocycles. The van der Waals surface area contributed by atoms with Crippen LogP contribution in [0.1, 0.15) is 116 Å². The highest BCUT2D eigenvalue weighted by Crippen LogP contribution is 2.14. The molecule has 0 radical (unpaired) electrons. The van der Waals surface area contributed by atoms with Crippen molar-refractivity contribution in [1.82, 2.24) is 0 Å². The van der Waals surface area contributed by atoms with Gasteiger partial charge < -0.3 is 14.2 Å². The smallest absolute Gasteiger partial charge is 0.332 e. The zero-order chi connectivity index (χ0) is 20.8. The molecule has 1 rings (SSSR count). The van der Waals surface area contributed by atoms with Crippen LogP contribution in [0.5, 0.6) is 0 Å². The maximum Gasteiger partial charge on any atom is 0.332 e. The molecule has 5 heteroatoms. The Morgan fingerprint density at radius 3 is 0.897 bits per heavy atom. The van der Waals surface area contributed by atoms with Crippen LogP contribution < -0.4 is 0 Å². The predicted octanol–water partition coefficient (Wildman–Crippen LogP) is 6.12. The van der Waals surface area contributed by atoms with Gasteiger partial charge in [0.1, 0.15) is 13.2 Å². The van der Waals surface area contributed by atoms with Crippen molar-refractivity contribution in [3.63, 3.8) is 0 Å². The quantitative estimate of drug-likeness (QED) is 0.448. The summed E-state index contributed by atoms with van der Waals surface area (Å²) >= 11 is 0. The molecule has 0 aromatic carbocycles. The van der Waals surface area contributed by atoms with E-state index in [1.165, 1.54) is 89.9 Å². The van der Waals surface area contributed by atoms with Crippen molar-refractivity contribution in [2.45, 2.75) is 116 Å². The van der Waals surface area contributed by atoms with Crippen LogP contribution in [0.3, 0.4) is 0 Å². The van der Waals surface area contributed by atoms with Crippen molar-refractivity contribution in [2.24, 2.45) is 0 Å². The molecule has 0 saturated carbocycles.